The van der Waals surface area contributed by atoms with Crippen molar-refractivity contribution in [2.24, 2.45) is 0 Å². The summed E-state index contributed by atoms with van der Waals surface area (Å²) in [5, 5.41) is 5.56. The van der Waals surface area contributed by atoms with Crippen molar-refractivity contribution in [1.29, 1.82) is 0 Å². The molecule has 0 atom stereocenters. The second kappa shape index (κ2) is 46.8. The van der Waals surface area contributed by atoms with Crippen molar-refractivity contribution >= 4 is 214 Å². The SMILES string of the molecule is O=C(Cl)CCCCl.O=C(Cl)CCCCl.[C-]#[N+]c1ccc2[nH]cc(C(=O)CCCCl)c2c1.[C-]#[N+]c1ccc2[nH]cc(C(=O)CCCCl)c2c1.[C-]#[N+]c1ccc2[nH]cc(CCCCCl)c2c1.[C-]#[N+]c1ccc2[nH]cc(CCCCCl)c2c1.[C-]#[N+]c1ccc2[nH]ccc2c1.[C-]#[N+]c1ccc2[nH]ccc2c1. The van der Waals surface area contributed by atoms with Gasteiger partial charge in [0.05, 0.1) is 39.4 Å². The Morgan fingerprint density at radius 3 is 0.873 bits per heavy atom. The van der Waals surface area contributed by atoms with E-state index in [0.717, 1.165) is 105 Å². The van der Waals surface area contributed by atoms with Crippen LogP contribution in [0.15, 0.2) is 159 Å². The lowest BCUT2D eigenvalue weighted by molar-refractivity contribution is -0.112. The number of benzene rings is 6. The lowest BCUT2D eigenvalue weighted by atomic mass is 10.1. The van der Waals surface area contributed by atoms with Crippen LogP contribution in [-0.4, -0.2) is 87.2 Å². The largest absolute Gasteiger partial charge is 0.361 e. The number of aryl methyl sites for hydroxylation is 2. The third kappa shape index (κ3) is 27.5. The Kier molecular flexibility index (Phi) is 38.2. The molecule has 0 bridgehead atoms. The van der Waals surface area contributed by atoms with E-state index < -0.39 is 0 Å². The number of nitrogens with zero attached hydrogens (tertiary/aromatic N) is 6. The molecule has 16 nitrogen and oxygen atoms in total. The summed E-state index contributed by atoms with van der Waals surface area (Å²) in [5.74, 6) is 3.57. The van der Waals surface area contributed by atoms with E-state index in [1.807, 2.05) is 122 Å². The number of carbonyl (C=O) groups is 4. The van der Waals surface area contributed by atoms with Gasteiger partial charge in [0, 0.05) is 142 Å². The van der Waals surface area contributed by atoms with Crippen LogP contribution in [0.5, 0.6) is 0 Å². The van der Waals surface area contributed by atoms with Gasteiger partial charge in [-0.1, -0.05) is 36.4 Å². The van der Waals surface area contributed by atoms with Crippen molar-refractivity contribution in [3.63, 3.8) is 0 Å². The van der Waals surface area contributed by atoms with Gasteiger partial charge in [-0.15, -0.1) is 69.6 Å². The highest BCUT2D eigenvalue weighted by molar-refractivity contribution is 6.63. The predicted molar refractivity (Wildman–Crippen MR) is 425 cm³/mol. The Morgan fingerprint density at radius 2 is 0.578 bits per heavy atom. The minimum absolute atomic E-state index is 0.0685. The summed E-state index contributed by atoms with van der Waals surface area (Å²) in [5.41, 5.74) is 13.9. The first kappa shape index (κ1) is 83.2. The maximum atomic E-state index is 11.9. The van der Waals surface area contributed by atoms with E-state index >= 15 is 0 Å². The number of alkyl halides is 6. The first-order valence-electron chi connectivity index (χ1n) is 32.2. The number of halogens is 8. The lowest BCUT2D eigenvalue weighted by Crippen LogP contribution is -1.97. The Bertz CT molecular complexity index is 4640. The van der Waals surface area contributed by atoms with Crippen LogP contribution in [0, 0.1) is 39.4 Å². The number of nitrogens with one attached hydrogen (secondary N) is 6. The van der Waals surface area contributed by atoms with Gasteiger partial charge in [-0.25, -0.2) is 29.1 Å². The molecule has 0 aliphatic heterocycles. The molecule has 0 fully saturated rings. The normalized spacial score (nSPS) is 10.1. The lowest BCUT2D eigenvalue weighted by Gasteiger charge is -1.98. The molecule has 6 aromatic carbocycles. The molecule has 6 heterocycles. The van der Waals surface area contributed by atoms with E-state index in [2.05, 4.69) is 59.0 Å². The molecule has 0 saturated heterocycles. The maximum Gasteiger partial charge on any atom is 0.221 e. The monoisotopic (exact) mass is 1520 g/mol. The fourth-order valence-electron chi connectivity index (χ4n) is 9.88. The number of aromatic amines is 6. The van der Waals surface area contributed by atoms with Gasteiger partial charge in [0.2, 0.25) is 10.5 Å². The molecule has 102 heavy (non-hydrogen) atoms. The molecule has 6 N–H and O–H groups in total. The van der Waals surface area contributed by atoms with Crippen molar-refractivity contribution in [3.8, 4) is 0 Å². The molecule has 0 aliphatic carbocycles. The molecular weight excluding hydrogens is 1450 g/mol. The van der Waals surface area contributed by atoms with E-state index in [-0.39, 0.29) is 22.1 Å². The number of ketones is 2. The number of carbonyl (C=O) groups excluding carboxylic acids is 4. The predicted octanol–water partition coefficient (Wildman–Crippen LogP) is 25.4. The van der Waals surface area contributed by atoms with Crippen LogP contribution < -0.4 is 0 Å². The molecule has 0 amide bonds. The van der Waals surface area contributed by atoms with Crippen molar-refractivity contribution in [1.82, 2.24) is 29.9 Å². The van der Waals surface area contributed by atoms with Gasteiger partial charge in [0.15, 0.2) is 45.7 Å². The number of hydrogen-bond donors (Lipinski definition) is 6. The smallest absolute Gasteiger partial charge is 0.221 e. The van der Waals surface area contributed by atoms with Crippen LogP contribution in [0.4, 0.5) is 34.1 Å². The average molecular weight is 1530 g/mol. The molecule has 0 radical (unpaired) electrons. The number of unbranched alkanes of at least 4 members (excludes halogenated alkanes) is 2. The van der Waals surface area contributed by atoms with Crippen molar-refractivity contribution in [2.75, 3.05) is 35.3 Å². The molecule has 524 valence electrons. The van der Waals surface area contributed by atoms with Crippen LogP contribution in [0.2, 0.25) is 0 Å². The van der Waals surface area contributed by atoms with E-state index in [9.17, 15) is 19.2 Å². The van der Waals surface area contributed by atoms with Crippen LogP contribution in [0.25, 0.3) is 94.5 Å². The Morgan fingerprint density at radius 1 is 0.304 bits per heavy atom. The van der Waals surface area contributed by atoms with Gasteiger partial charge in [-0.3, -0.25) is 19.2 Å². The molecule has 0 unspecified atom stereocenters. The number of fused-ring (bicyclic) bond motifs is 6. The number of H-pyrrole nitrogens is 6. The van der Waals surface area contributed by atoms with Gasteiger partial charge < -0.3 is 29.9 Å². The summed E-state index contributed by atoms with van der Waals surface area (Å²) in [6.07, 6.45) is 21.9. The van der Waals surface area contributed by atoms with Crippen LogP contribution in [-0.2, 0) is 22.4 Å². The summed E-state index contributed by atoms with van der Waals surface area (Å²) in [6, 6.07) is 37.3. The Balaban J connectivity index is 0.000000214. The van der Waals surface area contributed by atoms with Crippen LogP contribution in [0.1, 0.15) is 109 Å². The first-order valence-corrected chi connectivity index (χ1v) is 36.1. The Hall–Kier alpha value is -9.50. The van der Waals surface area contributed by atoms with Crippen LogP contribution >= 0.6 is 92.8 Å². The molecule has 6 aromatic heterocycles. The quantitative estimate of drug-likeness (QED) is 0.0130. The highest BCUT2D eigenvalue weighted by Gasteiger charge is 2.14. The van der Waals surface area contributed by atoms with E-state index in [1.54, 1.807) is 36.7 Å². The summed E-state index contributed by atoms with van der Waals surface area (Å²) >= 11 is 42.9. The molecule has 12 rings (SSSR count). The second-order valence-electron chi connectivity index (χ2n) is 22.1. The molecule has 24 heteroatoms. The van der Waals surface area contributed by atoms with E-state index in [4.69, 9.17) is 132 Å². The Labute approximate surface area is 633 Å². The van der Waals surface area contributed by atoms with Crippen molar-refractivity contribution < 1.29 is 19.2 Å². The zero-order valence-electron chi connectivity index (χ0n) is 55.5. The first-order chi connectivity index (χ1) is 49.5. The summed E-state index contributed by atoms with van der Waals surface area (Å²) < 4.78 is 0. The highest BCUT2D eigenvalue weighted by Crippen LogP contribution is 2.30. The van der Waals surface area contributed by atoms with Gasteiger partial charge in [0.25, 0.3) is 0 Å². The van der Waals surface area contributed by atoms with Crippen molar-refractivity contribution in [3.05, 3.63) is 249 Å². The third-order valence-electron chi connectivity index (χ3n) is 15.0. The third-order valence-corrected chi connectivity index (χ3v) is 17.0. The second-order valence-corrected chi connectivity index (χ2v) is 25.3. The number of aromatic nitrogens is 6. The van der Waals surface area contributed by atoms with Crippen molar-refractivity contribution in [2.45, 2.75) is 89.9 Å². The maximum absolute atomic E-state index is 11.9. The minimum Gasteiger partial charge on any atom is -0.361 e. The number of rotatable bonds is 22. The van der Waals surface area contributed by atoms with Gasteiger partial charge in [-0.2, -0.15) is 0 Å². The standard InChI is InChI=1S/2C13H11ClN2O.2C13H13ClN2.2C9H6N2.2C4H6Cl2O/c2*1-15-9-4-5-12-10(7-9)11(8-16-12)13(17)3-2-6-14;2*1-15-11-5-6-13-12(8-11)10(9-16-13)4-2-3-7-14;2*1-10-8-2-3-9-7(6-8)4-5-11-9;2*5-3-1-2-4(6)7/h2*4-5,7-8,16H,2-3,6H2;2*5-6,8-9,16H,2-4,7H2;2*2-6,11H;2*1-3H2. The zero-order chi connectivity index (χ0) is 74.0. The van der Waals surface area contributed by atoms with Crippen LogP contribution in [0.3, 0.4) is 0 Å². The topological polar surface area (TPSA) is 189 Å². The molecule has 0 spiro atoms. The number of hydrogen-bond acceptors (Lipinski definition) is 4. The van der Waals surface area contributed by atoms with Gasteiger partial charge in [-0.05, 0) is 216 Å². The van der Waals surface area contributed by atoms with Gasteiger partial charge >= 0.3 is 0 Å². The van der Waals surface area contributed by atoms with E-state index in [1.165, 1.54) is 21.9 Å². The van der Waals surface area contributed by atoms with Gasteiger partial charge in [0.1, 0.15) is 0 Å². The summed E-state index contributed by atoms with van der Waals surface area (Å²) in [7, 11) is 0. The number of Topliss-reactive ketones (excluding diaryl/α,β-unsaturated/α-hetero) is 2. The highest BCUT2D eigenvalue weighted by atomic mass is 35.5. The summed E-state index contributed by atoms with van der Waals surface area (Å²) in [4.78, 5) is 82.7. The molecule has 0 saturated carbocycles. The zero-order valence-corrected chi connectivity index (χ0v) is 61.5. The molecule has 0 aliphatic rings. The summed E-state index contributed by atoms with van der Waals surface area (Å²) in [6.45, 7) is 41.5. The fraction of sp³-hybridized carbons (Fsp3) is 0.256. The average Bonchev–Trinajstić information content (AvgIpc) is 1.68. The molecular formula is C78H72Cl8N12O4. The fourth-order valence-corrected chi connectivity index (χ4v) is 11.1. The van der Waals surface area contributed by atoms with E-state index in [0.29, 0.717) is 120 Å². The molecule has 12 aromatic rings. The minimum atomic E-state index is -0.305.